The first-order valence-electron chi connectivity index (χ1n) is 6.41. The molecule has 0 saturated carbocycles. The predicted octanol–water partition coefficient (Wildman–Crippen LogP) is -0.803. The summed E-state index contributed by atoms with van der Waals surface area (Å²) in [6.07, 6.45) is 0. The molecule has 0 bridgehead atoms. The topological polar surface area (TPSA) is 107 Å². The van der Waals surface area contributed by atoms with E-state index in [0.29, 0.717) is 13.1 Å². The van der Waals surface area contributed by atoms with E-state index in [1.165, 1.54) is 28.6 Å². The van der Waals surface area contributed by atoms with Gasteiger partial charge in [-0.1, -0.05) is 13.8 Å². The summed E-state index contributed by atoms with van der Waals surface area (Å²) in [7, 11) is -3.57. The van der Waals surface area contributed by atoms with E-state index < -0.39 is 28.4 Å². The maximum Gasteiger partial charge on any atom is 0.251 e. The Morgan fingerprint density at radius 2 is 1.67 bits per heavy atom. The van der Waals surface area contributed by atoms with Crippen LogP contribution in [-0.2, 0) is 14.8 Å². The highest BCUT2D eigenvalue weighted by molar-refractivity contribution is 7.89. The number of sulfonamides is 1. The zero-order chi connectivity index (χ0) is 16.0. The second-order valence-corrected chi connectivity index (χ2v) is 6.11. The molecule has 0 aliphatic heterocycles. The number of benzene rings is 1. The van der Waals surface area contributed by atoms with Gasteiger partial charge < -0.3 is 15.2 Å². The molecule has 0 radical (unpaired) electrons. The van der Waals surface area contributed by atoms with Crippen LogP contribution in [0.3, 0.4) is 0 Å². The molecule has 1 aromatic carbocycles. The zero-order valence-electron chi connectivity index (χ0n) is 11.8. The Kier molecular flexibility index (Phi) is 5.86. The van der Waals surface area contributed by atoms with Crippen molar-refractivity contribution in [2.75, 3.05) is 19.6 Å². The minimum absolute atomic E-state index is 0.0858. The second kappa shape index (κ2) is 7.19. The van der Waals surface area contributed by atoms with Crippen molar-refractivity contribution in [1.29, 1.82) is 0 Å². The van der Waals surface area contributed by atoms with Crippen LogP contribution < -0.4 is 10.4 Å². The third-order valence-electron chi connectivity index (χ3n) is 2.85. The van der Waals surface area contributed by atoms with Crippen molar-refractivity contribution in [1.82, 2.24) is 9.62 Å². The molecule has 0 aromatic heterocycles. The monoisotopic (exact) mass is 313 g/mol. The van der Waals surface area contributed by atoms with Crippen LogP contribution in [0.15, 0.2) is 29.2 Å². The number of carbonyl (C=O) groups is 2. The molecular weight excluding hydrogens is 296 g/mol. The van der Waals surface area contributed by atoms with E-state index in [9.17, 15) is 23.1 Å². The third-order valence-corrected chi connectivity index (χ3v) is 4.92. The highest BCUT2D eigenvalue weighted by Gasteiger charge is 2.21. The molecule has 1 N–H and O–H groups in total. The van der Waals surface area contributed by atoms with Gasteiger partial charge in [0.25, 0.3) is 5.91 Å². The van der Waals surface area contributed by atoms with Gasteiger partial charge in [-0.05, 0) is 24.3 Å². The Bertz CT molecular complexity index is 606. The fourth-order valence-electron chi connectivity index (χ4n) is 1.75. The quantitative estimate of drug-likeness (QED) is 0.709. The van der Waals surface area contributed by atoms with Crippen LogP contribution in [-0.4, -0.2) is 44.2 Å². The number of nitrogens with one attached hydrogen (secondary N) is 1. The van der Waals surface area contributed by atoms with E-state index in [2.05, 4.69) is 5.32 Å². The largest absolute Gasteiger partial charge is 0.548 e. The lowest BCUT2D eigenvalue weighted by Gasteiger charge is -2.18. The number of amides is 1. The number of hydrogen-bond acceptors (Lipinski definition) is 5. The van der Waals surface area contributed by atoms with Crippen molar-refractivity contribution in [2.24, 2.45) is 0 Å². The molecule has 0 unspecified atom stereocenters. The summed E-state index contributed by atoms with van der Waals surface area (Å²) in [4.78, 5) is 21.9. The van der Waals surface area contributed by atoms with Crippen LogP contribution in [0.1, 0.15) is 24.2 Å². The molecule has 1 aromatic rings. The number of aliphatic carboxylic acids is 1. The number of rotatable bonds is 7. The minimum Gasteiger partial charge on any atom is -0.548 e. The van der Waals surface area contributed by atoms with Gasteiger partial charge >= 0.3 is 0 Å². The highest BCUT2D eigenvalue weighted by atomic mass is 32.2. The minimum atomic E-state index is -3.57. The van der Waals surface area contributed by atoms with E-state index in [-0.39, 0.29) is 10.5 Å². The number of hydrogen-bond donors (Lipinski definition) is 1. The van der Waals surface area contributed by atoms with Gasteiger partial charge in [0.2, 0.25) is 10.0 Å². The average molecular weight is 313 g/mol. The SMILES string of the molecule is CCN(CC)S(=O)(=O)c1ccc(C(=O)NCC(=O)[O-])cc1. The maximum atomic E-state index is 12.2. The third kappa shape index (κ3) is 4.27. The lowest BCUT2D eigenvalue weighted by Crippen LogP contribution is -2.37. The molecular formula is C13H17N2O5S-. The van der Waals surface area contributed by atoms with Crippen molar-refractivity contribution < 1.29 is 23.1 Å². The second-order valence-electron chi connectivity index (χ2n) is 4.17. The van der Waals surface area contributed by atoms with Crippen LogP contribution >= 0.6 is 0 Å². The van der Waals surface area contributed by atoms with Crippen molar-refractivity contribution in [3.05, 3.63) is 29.8 Å². The van der Waals surface area contributed by atoms with Gasteiger partial charge in [-0.25, -0.2) is 8.42 Å². The van der Waals surface area contributed by atoms with Gasteiger partial charge in [0.05, 0.1) is 17.4 Å². The van der Waals surface area contributed by atoms with Crippen LogP contribution in [0.25, 0.3) is 0 Å². The molecule has 8 heteroatoms. The van der Waals surface area contributed by atoms with Crippen LogP contribution in [0.4, 0.5) is 0 Å². The van der Waals surface area contributed by atoms with E-state index in [4.69, 9.17) is 0 Å². The van der Waals surface area contributed by atoms with Gasteiger partial charge in [-0.3, -0.25) is 4.79 Å². The molecule has 1 amide bonds. The van der Waals surface area contributed by atoms with Gasteiger partial charge in [0, 0.05) is 18.7 Å². The summed E-state index contributed by atoms with van der Waals surface area (Å²) in [6.45, 7) is 3.59. The van der Waals surface area contributed by atoms with E-state index in [0.717, 1.165) is 0 Å². The van der Waals surface area contributed by atoms with Gasteiger partial charge in [0.1, 0.15) is 0 Å². The van der Waals surface area contributed by atoms with E-state index >= 15 is 0 Å². The molecule has 0 spiro atoms. The predicted molar refractivity (Wildman–Crippen MR) is 73.9 cm³/mol. The summed E-state index contributed by atoms with van der Waals surface area (Å²) in [5, 5.41) is 12.4. The van der Waals surface area contributed by atoms with Gasteiger partial charge in [0.15, 0.2) is 0 Å². The zero-order valence-corrected chi connectivity index (χ0v) is 12.6. The standard InChI is InChI=1S/C13H18N2O5S/c1-3-15(4-2)21(19,20)11-7-5-10(6-8-11)13(18)14-9-12(16)17/h5-8H,3-4,9H2,1-2H3,(H,14,18)(H,16,17)/p-1. The van der Waals surface area contributed by atoms with Crippen LogP contribution in [0.2, 0.25) is 0 Å². The molecule has 0 heterocycles. The summed E-state index contributed by atoms with van der Waals surface area (Å²) in [5.74, 6) is -2.00. The molecule has 7 nitrogen and oxygen atoms in total. The molecule has 0 saturated heterocycles. The molecule has 1 rings (SSSR count). The highest BCUT2D eigenvalue weighted by Crippen LogP contribution is 2.16. The van der Waals surface area contributed by atoms with E-state index in [1.807, 2.05) is 0 Å². The lowest BCUT2D eigenvalue weighted by atomic mass is 10.2. The molecule has 0 fully saturated rings. The number of carboxylic acids is 1. The molecule has 0 atom stereocenters. The molecule has 21 heavy (non-hydrogen) atoms. The fourth-order valence-corrected chi connectivity index (χ4v) is 3.20. The number of carboxylic acid groups (broad SMARTS) is 1. The van der Waals surface area contributed by atoms with Crippen LogP contribution in [0.5, 0.6) is 0 Å². The number of nitrogens with zero attached hydrogens (tertiary/aromatic N) is 1. The van der Waals surface area contributed by atoms with E-state index in [1.54, 1.807) is 13.8 Å². The summed E-state index contributed by atoms with van der Waals surface area (Å²) in [5.41, 5.74) is 0.176. The lowest BCUT2D eigenvalue weighted by molar-refractivity contribution is -0.303. The van der Waals surface area contributed by atoms with Crippen molar-refractivity contribution in [3.63, 3.8) is 0 Å². The molecule has 116 valence electrons. The Labute approximate surface area is 123 Å². The maximum absolute atomic E-state index is 12.2. The molecule has 0 aliphatic carbocycles. The Balaban J connectivity index is 2.92. The van der Waals surface area contributed by atoms with Gasteiger partial charge in [-0.2, -0.15) is 4.31 Å². The fraction of sp³-hybridized carbons (Fsp3) is 0.385. The summed E-state index contributed by atoms with van der Waals surface area (Å²) in [6, 6.07) is 5.31. The average Bonchev–Trinajstić information content (AvgIpc) is 2.45. The van der Waals surface area contributed by atoms with Crippen molar-refractivity contribution in [3.8, 4) is 0 Å². The van der Waals surface area contributed by atoms with Crippen molar-refractivity contribution >= 4 is 21.9 Å². The summed E-state index contributed by atoms with van der Waals surface area (Å²) >= 11 is 0. The Morgan fingerprint density at radius 1 is 1.14 bits per heavy atom. The summed E-state index contributed by atoms with van der Waals surface area (Å²) < 4.78 is 25.8. The van der Waals surface area contributed by atoms with Crippen molar-refractivity contribution in [2.45, 2.75) is 18.7 Å². The van der Waals surface area contributed by atoms with Gasteiger partial charge in [-0.15, -0.1) is 0 Å². The number of carbonyl (C=O) groups excluding carboxylic acids is 2. The smallest absolute Gasteiger partial charge is 0.251 e. The normalized spacial score (nSPS) is 11.4. The first-order valence-corrected chi connectivity index (χ1v) is 7.85. The van der Waals surface area contributed by atoms with Crippen LogP contribution in [0, 0.1) is 0 Å². The first kappa shape index (κ1) is 17.1. The Hall–Kier alpha value is -1.93. The first-order chi connectivity index (χ1) is 9.82. The Morgan fingerprint density at radius 3 is 2.10 bits per heavy atom. The molecule has 0 aliphatic rings.